The molecular formula is C14H18N2O2S. The number of aromatic nitrogens is 1. The molecule has 0 bridgehead atoms. The highest BCUT2D eigenvalue weighted by Crippen LogP contribution is 2.27. The summed E-state index contributed by atoms with van der Waals surface area (Å²) in [5.41, 5.74) is 2.26. The Hall–Kier alpha value is -1.46. The van der Waals surface area contributed by atoms with Gasteiger partial charge in [-0.05, 0) is 30.5 Å². The summed E-state index contributed by atoms with van der Waals surface area (Å²) in [6.07, 6.45) is 3.48. The first-order valence-corrected chi connectivity index (χ1v) is 7.23. The Bertz CT molecular complexity index is 566. The Balaban J connectivity index is 2.13. The molecule has 1 amide bonds. The lowest BCUT2D eigenvalue weighted by Gasteiger charge is -1.98. The van der Waals surface area contributed by atoms with E-state index in [2.05, 4.69) is 29.4 Å². The van der Waals surface area contributed by atoms with Crippen LogP contribution in [0.4, 0.5) is 5.13 Å². The first kappa shape index (κ1) is 14.0. The second-order valence-corrected chi connectivity index (χ2v) is 5.44. The van der Waals surface area contributed by atoms with Crippen LogP contribution < -0.4 is 5.32 Å². The third-order valence-electron chi connectivity index (χ3n) is 2.79. The number of carbonyl (C=O) groups is 1. The predicted octanol–water partition coefficient (Wildman–Crippen LogP) is 3.22. The van der Waals surface area contributed by atoms with Crippen LogP contribution in [0.2, 0.25) is 0 Å². The van der Waals surface area contributed by atoms with Crippen molar-refractivity contribution in [3.63, 3.8) is 0 Å². The molecule has 1 heterocycles. The SMILES string of the molecule is CCCCc1ccc2nc(NC(=O)COC)sc2c1. The molecule has 0 radical (unpaired) electrons. The van der Waals surface area contributed by atoms with Gasteiger partial charge in [0.1, 0.15) is 6.61 Å². The Labute approximate surface area is 116 Å². The molecule has 19 heavy (non-hydrogen) atoms. The van der Waals surface area contributed by atoms with Crippen molar-refractivity contribution in [2.75, 3.05) is 19.0 Å². The van der Waals surface area contributed by atoms with E-state index in [9.17, 15) is 4.79 Å². The van der Waals surface area contributed by atoms with Crippen molar-refractivity contribution in [3.05, 3.63) is 23.8 Å². The molecule has 0 unspecified atom stereocenters. The highest BCUT2D eigenvalue weighted by Gasteiger charge is 2.08. The number of aryl methyl sites for hydroxylation is 1. The Morgan fingerprint density at radius 1 is 1.47 bits per heavy atom. The standard InChI is InChI=1S/C14H18N2O2S/c1-3-4-5-10-6-7-11-12(8-10)19-14(15-11)16-13(17)9-18-2/h6-8H,3-5,9H2,1-2H3,(H,15,16,17). The number of amides is 1. The molecule has 0 aliphatic rings. The zero-order valence-electron chi connectivity index (χ0n) is 11.2. The highest BCUT2D eigenvalue weighted by atomic mass is 32.1. The third kappa shape index (κ3) is 3.75. The van der Waals surface area contributed by atoms with Gasteiger partial charge in [0.2, 0.25) is 0 Å². The highest BCUT2D eigenvalue weighted by molar-refractivity contribution is 7.22. The fourth-order valence-electron chi connectivity index (χ4n) is 1.85. The summed E-state index contributed by atoms with van der Waals surface area (Å²) in [5, 5.41) is 3.37. The molecule has 0 fully saturated rings. The van der Waals surface area contributed by atoms with Crippen LogP contribution in [0.5, 0.6) is 0 Å². The van der Waals surface area contributed by atoms with Crippen molar-refractivity contribution in [1.29, 1.82) is 0 Å². The van der Waals surface area contributed by atoms with Gasteiger partial charge in [-0.25, -0.2) is 4.98 Å². The summed E-state index contributed by atoms with van der Waals surface area (Å²) in [7, 11) is 1.50. The number of unbranched alkanes of at least 4 members (excludes halogenated alkanes) is 1. The molecule has 0 saturated carbocycles. The number of nitrogens with zero attached hydrogens (tertiary/aromatic N) is 1. The number of thiazole rings is 1. The number of rotatable bonds is 6. The molecule has 0 saturated heterocycles. The summed E-state index contributed by atoms with van der Waals surface area (Å²) in [6.45, 7) is 2.24. The van der Waals surface area contributed by atoms with Gasteiger partial charge >= 0.3 is 0 Å². The van der Waals surface area contributed by atoms with Gasteiger partial charge in [0.05, 0.1) is 10.2 Å². The number of nitrogens with one attached hydrogen (secondary N) is 1. The molecule has 0 spiro atoms. The summed E-state index contributed by atoms with van der Waals surface area (Å²) in [5.74, 6) is -0.173. The smallest absolute Gasteiger partial charge is 0.252 e. The summed E-state index contributed by atoms with van der Waals surface area (Å²) >= 11 is 1.50. The second-order valence-electron chi connectivity index (χ2n) is 4.41. The van der Waals surface area contributed by atoms with Crippen LogP contribution in [0.1, 0.15) is 25.3 Å². The quantitative estimate of drug-likeness (QED) is 0.882. The number of carbonyl (C=O) groups excluding carboxylic acids is 1. The lowest BCUT2D eigenvalue weighted by molar-refractivity contribution is -0.119. The van der Waals surface area contributed by atoms with Gasteiger partial charge in [-0.1, -0.05) is 30.7 Å². The Kier molecular flexibility index (Phi) is 4.87. The molecular weight excluding hydrogens is 260 g/mol. The lowest BCUT2D eigenvalue weighted by atomic mass is 10.1. The van der Waals surface area contributed by atoms with E-state index in [4.69, 9.17) is 4.74 Å². The molecule has 2 aromatic rings. The van der Waals surface area contributed by atoms with Crippen molar-refractivity contribution in [1.82, 2.24) is 4.98 Å². The van der Waals surface area contributed by atoms with Crippen LogP contribution in [-0.4, -0.2) is 24.6 Å². The van der Waals surface area contributed by atoms with Crippen LogP contribution in [0.15, 0.2) is 18.2 Å². The number of methoxy groups -OCH3 is 1. The Morgan fingerprint density at radius 3 is 3.05 bits per heavy atom. The topological polar surface area (TPSA) is 51.2 Å². The summed E-state index contributed by atoms with van der Waals surface area (Å²) in [6, 6.07) is 6.29. The van der Waals surface area contributed by atoms with E-state index in [1.165, 1.54) is 36.9 Å². The summed E-state index contributed by atoms with van der Waals surface area (Å²) in [4.78, 5) is 15.8. The van der Waals surface area contributed by atoms with Crippen molar-refractivity contribution >= 4 is 32.6 Å². The minimum atomic E-state index is -0.173. The molecule has 102 valence electrons. The molecule has 2 rings (SSSR count). The van der Waals surface area contributed by atoms with Crippen LogP contribution in [0, 0.1) is 0 Å². The van der Waals surface area contributed by atoms with Gasteiger partial charge in [-0.3, -0.25) is 10.1 Å². The molecule has 5 heteroatoms. The zero-order valence-corrected chi connectivity index (χ0v) is 12.0. The number of ether oxygens (including phenoxy) is 1. The molecule has 0 aliphatic carbocycles. The first-order chi connectivity index (χ1) is 9.22. The van der Waals surface area contributed by atoms with Gasteiger partial charge in [0.25, 0.3) is 5.91 Å². The van der Waals surface area contributed by atoms with Crippen LogP contribution in [0.25, 0.3) is 10.2 Å². The van der Waals surface area contributed by atoms with Gasteiger partial charge in [0.15, 0.2) is 5.13 Å². The fraction of sp³-hybridized carbons (Fsp3) is 0.429. The lowest BCUT2D eigenvalue weighted by Crippen LogP contribution is -2.16. The fourth-order valence-corrected chi connectivity index (χ4v) is 2.79. The van der Waals surface area contributed by atoms with Crippen LogP contribution in [0.3, 0.4) is 0 Å². The minimum absolute atomic E-state index is 0.0532. The monoisotopic (exact) mass is 278 g/mol. The largest absolute Gasteiger partial charge is 0.375 e. The van der Waals surface area contributed by atoms with Crippen LogP contribution >= 0.6 is 11.3 Å². The molecule has 4 nitrogen and oxygen atoms in total. The third-order valence-corrected chi connectivity index (χ3v) is 3.73. The number of benzene rings is 1. The van der Waals surface area contributed by atoms with Crippen molar-refractivity contribution in [3.8, 4) is 0 Å². The van der Waals surface area contributed by atoms with Gasteiger partial charge < -0.3 is 4.74 Å². The summed E-state index contributed by atoms with van der Waals surface area (Å²) < 4.78 is 5.89. The normalized spacial score (nSPS) is 10.8. The van der Waals surface area contributed by atoms with Crippen molar-refractivity contribution < 1.29 is 9.53 Å². The van der Waals surface area contributed by atoms with E-state index in [1.807, 2.05) is 6.07 Å². The average molecular weight is 278 g/mol. The Morgan fingerprint density at radius 2 is 2.32 bits per heavy atom. The van der Waals surface area contributed by atoms with E-state index in [-0.39, 0.29) is 12.5 Å². The molecule has 1 aromatic carbocycles. The van der Waals surface area contributed by atoms with E-state index in [0.29, 0.717) is 5.13 Å². The molecule has 1 N–H and O–H groups in total. The molecule has 0 aliphatic heterocycles. The average Bonchev–Trinajstić information content (AvgIpc) is 2.77. The van der Waals surface area contributed by atoms with Gasteiger partial charge in [0, 0.05) is 7.11 Å². The maximum absolute atomic E-state index is 11.4. The van der Waals surface area contributed by atoms with Gasteiger partial charge in [-0.2, -0.15) is 0 Å². The zero-order chi connectivity index (χ0) is 13.7. The predicted molar refractivity (Wildman–Crippen MR) is 78.7 cm³/mol. The van der Waals surface area contributed by atoms with Crippen molar-refractivity contribution in [2.45, 2.75) is 26.2 Å². The number of hydrogen-bond acceptors (Lipinski definition) is 4. The second kappa shape index (κ2) is 6.63. The molecule has 0 atom stereocenters. The van der Waals surface area contributed by atoms with E-state index < -0.39 is 0 Å². The van der Waals surface area contributed by atoms with Gasteiger partial charge in [-0.15, -0.1) is 0 Å². The minimum Gasteiger partial charge on any atom is -0.375 e. The first-order valence-electron chi connectivity index (χ1n) is 6.41. The maximum atomic E-state index is 11.4. The number of hydrogen-bond donors (Lipinski definition) is 1. The van der Waals surface area contributed by atoms with E-state index in [0.717, 1.165) is 16.6 Å². The number of anilines is 1. The van der Waals surface area contributed by atoms with Crippen molar-refractivity contribution in [2.24, 2.45) is 0 Å². The van der Waals surface area contributed by atoms with Crippen LogP contribution in [-0.2, 0) is 16.0 Å². The molecule has 1 aromatic heterocycles. The maximum Gasteiger partial charge on any atom is 0.252 e. The van der Waals surface area contributed by atoms with E-state index in [1.54, 1.807) is 0 Å². The number of fused-ring (bicyclic) bond motifs is 1. The van der Waals surface area contributed by atoms with E-state index >= 15 is 0 Å².